The number of anilines is 2. The zero-order valence-electron chi connectivity index (χ0n) is 26.4. The van der Waals surface area contributed by atoms with Crippen LogP contribution in [-0.2, 0) is 16.0 Å². The number of para-hydroxylation sites is 1. The number of benzene rings is 3. The average molecular weight is 652 g/mol. The van der Waals surface area contributed by atoms with Crippen molar-refractivity contribution in [2.75, 3.05) is 63.6 Å². The van der Waals surface area contributed by atoms with Crippen molar-refractivity contribution < 1.29 is 37.7 Å². The molecule has 3 N–H and O–H groups in total. The van der Waals surface area contributed by atoms with Gasteiger partial charge in [0.2, 0.25) is 5.91 Å². The highest BCUT2D eigenvalue weighted by atomic mass is 19.1. The number of rotatable bonds is 11. The molecule has 2 heterocycles. The van der Waals surface area contributed by atoms with Gasteiger partial charge in [0.1, 0.15) is 17.7 Å². The molecule has 2 fully saturated rings. The summed E-state index contributed by atoms with van der Waals surface area (Å²) in [4.78, 5) is 43.4. The molecule has 0 radical (unpaired) electrons. The summed E-state index contributed by atoms with van der Waals surface area (Å²) in [6, 6.07) is 15.0. The molecule has 250 valence electrons. The number of aliphatic carboxylic acids is 1. The van der Waals surface area contributed by atoms with Crippen molar-refractivity contribution in [3.05, 3.63) is 83.4 Å². The van der Waals surface area contributed by atoms with Gasteiger partial charge in [-0.25, -0.2) is 13.6 Å². The van der Waals surface area contributed by atoms with Crippen LogP contribution in [0.15, 0.2) is 60.7 Å². The van der Waals surface area contributed by atoms with E-state index in [-0.39, 0.29) is 37.2 Å². The second-order valence-electron chi connectivity index (χ2n) is 11.8. The van der Waals surface area contributed by atoms with Crippen LogP contribution < -0.4 is 20.1 Å². The van der Waals surface area contributed by atoms with E-state index >= 15 is 0 Å². The number of piperazine rings is 1. The Kier molecular flexibility index (Phi) is 10.9. The second-order valence-corrected chi connectivity index (χ2v) is 11.8. The number of nitrogens with zero attached hydrogens (tertiary/aromatic N) is 3. The van der Waals surface area contributed by atoms with Crippen molar-refractivity contribution in [2.24, 2.45) is 0 Å². The van der Waals surface area contributed by atoms with Crippen LogP contribution in [0, 0.1) is 18.6 Å². The number of likely N-dealkylation sites (tertiary alicyclic amines) is 1. The van der Waals surface area contributed by atoms with E-state index in [9.17, 15) is 23.2 Å². The highest BCUT2D eigenvalue weighted by Crippen LogP contribution is 2.29. The highest BCUT2D eigenvalue weighted by molar-refractivity contribution is 6.01. The third kappa shape index (κ3) is 8.95. The molecule has 2 aliphatic heterocycles. The lowest BCUT2D eigenvalue weighted by Gasteiger charge is -2.36. The summed E-state index contributed by atoms with van der Waals surface area (Å²) in [5.74, 6) is -2.24. The van der Waals surface area contributed by atoms with Crippen molar-refractivity contribution in [2.45, 2.75) is 31.9 Å². The monoisotopic (exact) mass is 651 g/mol. The minimum absolute atomic E-state index is 0.0177. The maximum absolute atomic E-state index is 14.4. The number of hydrogen-bond acceptors (Lipinski definition) is 7. The molecule has 2 unspecified atom stereocenters. The number of carboxylic acids is 1. The minimum Gasteiger partial charge on any atom is -0.495 e. The van der Waals surface area contributed by atoms with Crippen molar-refractivity contribution in [3.8, 4) is 11.5 Å². The lowest BCUT2D eigenvalue weighted by molar-refractivity contribution is -0.139. The number of halogens is 2. The first kappa shape index (κ1) is 33.6. The van der Waals surface area contributed by atoms with Crippen LogP contribution in [0.5, 0.6) is 11.5 Å². The number of aryl methyl sites for hydroxylation is 1. The number of nitrogens with one attached hydrogen (secondary N) is 2. The normalized spacial score (nSPS) is 18.5. The fraction of sp³-hybridized carbons (Fsp3) is 0.382. The van der Waals surface area contributed by atoms with E-state index in [1.165, 1.54) is 13.2 Å². The number of carbonyl (C=O) groups excluding carboxylic acids is 2. The van der Waals surface area contributed by atoms with Gasteiger partial charge in [0, 0.05) is 56.9 Å². The van der Waals surface area contributed by atoms with Gasteiger partial charge in [0.15, 0.2) is 11.6 Å². The summed E-state index contributed by atoms with van der Waals surface area (Å²) in [6.07, 6.45) is -0.0165. The number of methoxy groups -OCH3 is 1. The second kappa shape index (κ2) is 15.2. The Hall–Kier alpha value is -4.75. The average Bonchev–Trinajstić information content (AvgIpc) is 3.43. The molecule has 0 spiro atoms. The van der Waals surface area contributed by atoms with Gasteiger partial charge in [-0.05, 0) is 48.4 Å². The van der Waals surface area contributed by atoms with E-state index < -0.39 is 29.7 Å². The molecular weight excluding hydrogens is 612 g/mol. The first-order valence-electron chi connectivity index (χ1n) is 15.5. The Morgan fingerprint density at radius 2 is 1.64 bits per heavy atom. The van der Waals surface area contributed by atoms with Crippen molar-refractivity contribution in [1.82, 2.24) is 14.7 Å². The van der Waals surface area contributed by atoms with E-state index in [0.29, 0.717) is 61.8 Å². The van der Waals surface area contributed by atoms with Crippen LogP contribution >= 0.6 is 0 Å². The number of ether oxygens (including phenoxy) is 2. The van der Waals surface area contributed by atoms with Crippen molar-refractivity contribution >= 4 is 29.3 Å². The molecule has 3 amide bonds. The van der Waals surface area contributed by atoms with E-state index in [4.69, 9.17) is 14.6 Å². The standard InChI is InChI=1S/C34H39F2N5O6/c1-22-5-3-4-6-28(22)37-34(45)38-29-9-7-23(15-31(29)46-2)16-32(42)41-20-26(47-30-10-8-24(35)17-27(30)36)18-25(41)19-39-11-13-40(14-12-39)21-33(43)44/h3-10,15,17,25-26H,11-14,16,18-21H2,1-2H3,(H,43,44)(H2,37,38,45). The molecule has 0 aromatic heterocycles. The van der Waals surface area contributed by atoms with Gasteiger partial charge >= 0.3 is 12.0 Å². The third-order valence-electron chi connectivity index (χ3n) is 8.44. The Bertz CT molecular complexity index is 1600. The highest BCUT2D eigenvalue weighted by Gasteiger charge is 2.38. The third-order valence-corrected chi connectivity index (χ3v) is 8.44. The first-order chi connectivity index (χ1) is 22.6. The Balaban J connectivity index is 1.26. The lowest BCUT2D eigenvalue weighted by atomic mass is 10.1. The van der Waals surface area contributed by atoms with E-state index in [1.54, 1.807) is 29.2 Å². The summed E-state index contributed by atoms with van der Waals surface area (Å²) in [5, 5.41) is 14.7. The summed E-state index contributed by atoms with van der Waals surface area (Å²) in [5.41, 5.74) is 2.70. The number of amides is 3. The van der Waals surface area contributed by atoms with Crippen LogP contribution in [0.3, 0.4) is 0 Å². The largest absolute Gasteiger partial charge is 0.495 e. The van der Waals surface area contributed by atoms with Gasteiger partial charge in [-0.1, -0.05) is 24.3 Å². The smallest absolute Gasteiger partial charge is 0.323 e. The minimum atomic E-state index is -0.870. The predicted octanol–water partition coefficient (Wildman–Crippen LogP) is 4.22. The predicted molar refractivity (Wildman–Crippen MR) is 172 cm³/mol. The van der Waals surface area contributed by atoms with Gasteiger partial charge in [-0.3, -0.25) is 19.4 Å². The summed E-state index contributed by atoms with van der Waals surface area (Å²) < 4.78 is 39.3. The molecule has 0 saturated carbocycles. The molecule has 3 aromatic carbocycles. The van der Waals surface area contributed by atoms with Crippen molar-refractivity contribution in [3.63, 3.8) is 0 Å². The summed E-state index contributed by atoms with van der Waals surface area (Å²) >= 11 is 0. The van der Waals surface area contributed by atoms with Crippen LogP contribution in [0.25, 0.3) is 0 Å². The molecule has 47 heavy (non-hydrogen) atoms. The van der Waals surface area contributed by atoms with Crippen LogP contribution in [0.2, 0.25) is 0 Å². The topological polar surface area (TPSA) is 124 Å². The van der Waals surface area contributed by atoms with Gasteiger partial charge in [-0.15, -0.1) is 0 Å². The molecule has 11 nitrogen and oxygen atoms in total. The lowest BCUT2D eigenvalue weighted by Crippen LogP contribution is -2.52. The van der Waals surface area contributed by atoms with Gasteiger partial charge in [-0.2, -0.15) is 0 Å². The molecule has 5 rings (SSSR count). The Morgan fingerprint density at radius 3 is 2.34 bits per heavy atom. The number of urea groups is 1. The Labute approximate surface area is 272 Å². The molecule has 0 bridgehead atoms. The molecule has 2 atom stereocenters. The first-order valence-corrected chi connectivity index (χ1v) is 15.5. The van der Waals surface area contributed by atoms with Gasteiger partial charge < -0.3 is 30.1 Å². The summed E-state index contributed by atoms with van der Waals surface area (Å²) in [6.45, 7) is 5.12. The molecule has 3 aromatic rings. The molecule has 0 aliphatic carbocycles. The van der Waals surface area contributed by atoms with Crippen LogP contribution in [-0.4, -0.2) is 103 Å². The van der Waals surface area contributed by atoms with Crippen LogP contribution in [0.4, 0.5) is 25.0 Å². The number of hydrogen-bond donors (Lipinski definition) is 3. The van der Waals surface area contributed by atoms with Gasteiger partial charge in [0.05, 0.1) is 32.3 Å². The molecule has 13 heteroatoms. The van der Waals surface area contributed by atoms with Gasteiger partial charge in [0.25, 0.3) is 0 Å². The van der Waals surface area contributed by atoms with Crippen molar-refractivity contribution in [1.29, 1.82) is 0 Å². The van der Waals surface area contributed by atoms with E-state index in [2.05, 4.69) is 15.5 Å². The summed E-state index contributed by atoms with van der Waals surface area (Å²) in [7, 11) is 1.48. The zero-order valence-corrected chi connectivity index (χ0v) is 26.4. The quantitative estimate of drug-likeness (QED) is 0.282. The van der Waals surface area contributed by atoms with E-state index in [0.717, 1.165) is 17.7 Å². The Morgan fingerprint density at radius 1 is 0.915 bits per heavy atom. The molecule has 2 aliphatic rings. The number of carboxylic acid groups (broad SMARTS) is 1. The van der Waals surface area contributed by atoms with E-state index in [1.807, 2.05) is 30.0 Å². The number of carbonyl (C=O) groups is 3. The fourth-order valence-corrected chi connectivity index (χ4v) is 6.02. The fourth-order valence-electron chi connectivity index (χ4n) is 6.02. The van der Waals surface area contributed by atoms with Crippen LogP contribution in [0.1, 0.15) is 17.5 Å². The molecule has 2 saturated heterocycles. The maximum atomic E-state index is 14.4. The maximum Gasteiger partial charge on any atom is 0.323 e. The molecular formula is C34H39F2N5O6. The SMILES string of the molecule is COc1cc(CC(=O)N2CC(Oc3ccc(F)cc3F)CC2CN2CCN(CC(=O)O)CC2)ccc1NC(=O)Nc1ccccc1C. The zero-order chi connectivity index (χ0) is 33.5.